The molecule has 5 nitrogen and oxygen atoms in total. The number of anilines is 1. The van der Waals surface area contributed by atoms with E-state index < -0.39 is 36.2 Å². The number of aliphatic imine (C=N–C) groups is 1. The van der Waals surface area contributed by atoms with Crippen LogP contribution in [0.1, 0.15) is 19.4 Å². The summed E-state index contributed by atoms with van der Waals surface area (Å²) in [6.07, 6.45) is -9.03. The lowest BCUT2D eigenvalue weighted by atomic mass is 10.2. The first-order valence-corrected chi connectivity index (χ1v) is 8.34. The summed E-state index contributed by atoms with van der Waals surface area (Å²) < 4.78 is 73.3. The van der Waals surface area contributed by atoms with Gasteiger partial charge >= 0.3 is 18.6 Å². The zero-order valence-electron chi connectivity index (χ0n) is 15.3. The van der Waals surface area contributed by atoms with Crippen molar-refractivity contribution in [1.82, 2.24) is 0 Å². The molecule has 2 amide bonds. The molecule has 0 bridgehead atoms. The van der Waals surface area contributed by atoms with E-state index in [0.717, 1.165) is 24.3 Å². The van der Waals surface area contributed by atoms with Gasteiger partial charge in [-0.1, -0.05) is 12.1 Å². The molecule has 0 saturated heterocycles. The summed E-state index contributed by atoms with van der Waals surface area (Å²) in [6, 6.07) is 8.90. The number of urea groups is 1. The Morgan fingerprint density at radius 2 is 1.69 bits per heavy atom. The third kappa shape index (κ3) is 6.44. The number of nitrogens with one attached hydrogen (secondary N) is 1. The average molecular weight is 416 g/mol. The van der Waals surface area contributed by atoms with Crippen molar-refractivity contribution in [2.24, 2.45) is 4.99 Å². The molecule has 2 aromatic rings. The number of nitrogens with zero attached hydrogens (tertiary/aromatic N) is 1. The van der Waals surface area contributed by atoms with Gasteiger partial charge in [-0.25, -0.2) is 9.18 Å². The number of hydrogen-bond donors (Lipinski definition) is 1. The molecule has 10 heteroatoms. The van der Waals surface area contributed by atoms with Gasteiger partial charge in [0.2, 0.25) is 5.90 Å². The highest BCUT2D eigenvalue weighted by molar-refractivity contribution is 6.04. The lowest BCUT2D eigenvalue weighted by Gasteiger charge is -2.16. The fraction of sp³-hybridized carbons (Fsp3) is 0.263. The predicted molar refractivity (Wildman–Crippen MR) is 96.2 cm³/mol. The van der Waals surface area contributed by atoms with Crippen molar-refractivity contribution in [3.05, 3.63) is 59.9 Å². The van der Waals surface area contributed by atoms with E-state index in [1.165, 1.54) is 18.2 Å². The van der Waals surface area contributed by atoms with Crippen molar-refractivity contribution in [2.45, 2.75) is 32.5 Å². The van der Waals surface area contributed by atoms with Crippen molar-refractivity contribution in [3.63, 3.8) is 0 Å². The van der Waals surface area contributed by atoms with Crippen molar-refractivity contribution in [3.8, 4) is 5.75 Å². The highest BCUT2D eigenvalue weighted by Crippen LogP contribution is 2.28. The molecule has 29 heavy (non-hydrogen) atoms. The standard InChI is InChI=1S/C19H17F5N2O3/c1-11(2)28-16(14-5-3-4-6-15(14)20)26-18(27)25-12-7-9-13(10-8-12)29-19(23,24)17(21)22/h3-11,17H,1-2H3,(H,25,27)/b26-16-. The smallest absolute Gasteiger partial charge is 0.461 e. The van der Waals surface area contributed by atoms with E-state index in [1.807, 2.05) is 0 Å². The van der Waals surface area contributed by atoms with Crippen LogP contribution in [-0.2, 0) is 4.74 Å². The molecule has 2 rings (SSSR count). The molecule has 0 unspecified atom stereocenters. The van der Waals surface area contributed by atoms with Gasteiger partial charge in [0.1, 0.15) is 11.6 Å². The number of amides is 2. The molecule has 156 valence electrons. The van der Waals surface area contributed by atoms with Gasteiger partial charge in [0.15, 0.2) is 0 Å². The molecule has 1 N–H and O–H groups in total. The highest BCUT2D eigenvalue weighted by atomic mass is 19.3. The SMILES string of the molecule is CC(C)O/C(=N\C(=O)Nc1ccc(OC(F)(F)C(F)F)cc1)c1ccccc1F. The Morgan fingerprint density at radius 3 is 2.24 bits per heavy atom. The van der Waals surface area contributed by atoms with E-state index in [9.17, 15) is 26.7 Å². The summed E-state index contributed by atoms with van der Waals surface area (Å²) in [5, 5.41) is 2.33. The molecule has 0 fully saturated rings. The van der Waals surface area contributed by atoms with Gasteiger partial charge in [0, 0.05) is 5.69 Å². The first kappa shape index (κ1) is 22.1. The van der Waals surface area contributed by atoms with Crippen LogP contribution in [0, 0.1) is 5.82 Å². The number of halogens is 5. The van der Waals surface area contributed by atoms with Crippen LogP contribution in [0.3, 0.4) is 0 Å². The van der Waals surface area contributed by atoms with E-state index in [4.69, 9.17) is 4.74 Å². The molecule has 0 aliphatic rings. The van der Waals surface area contributed by atoms with Crippen molar-refractivity contribution in [1.29, 1.82) is 0 Å². The lowest BCUT2D eigenvalue weighted by molar-refractivity contribution is -0.253. The third-order valence-corrected chi connectivity index (χ3v) is 3.27. The molecular weight excluding hydrogens is 399 g/mol. The Kier molecular flexibility index (Phi) is 7.13. The van der Waals surface area contributed by atoms with Gasteiger partial charge in [-0.05, 0) is 50.2 Å². The van der Waals surface area contributed by atoms with E-state index >= 15 is 0 Å². The summed E-state index contributed by atoms with van der Waals surface area (Å²) in [7, 11) is 0. The van der Waals surface area contributed by atoms with Crippen LogP contribution in [0.4, 0.5) is 32.4 Å². The summed E-state index contributed by atoms with van der Waals surface area (Å²) in [5.74, 6) is -1.40. The fourth-order valence-corrected chi connectivity index (χ4v) is 2.06. The number of hydrogen-bond acceptors (Lipinski definition) is 3. The van der Waals surface area contributed by atoms with Crippen molar-refractivity contribution in [2.75, 3.05) is 5.32 Å². The fourth-order valence-electron chi connectivity index (χ4n) is 2.06. The van der Waals surface area contributed by atoms with Crippen LogP contribution >= 0.6 is 0 Å². The first-order chi connectivity index (χ1) is 13.6. The number of alkyl halides is 4. The Hall–Kier alpha value is -3.17. The maximum absolute atomic E-state index is 14.0. The zero-order chi connectivity index (χ0) is 21.6. The minimum absolute atomic E-state index is 0.0191. The number of carbonyl (C=O) groups is 1. The Bertz CT molecular complexity index is 870. The second-order valence-electron chi connectivity index (χ2n) is 5.98. The van der Waals surface area contributed by atoms with Crippen molar-refractivity contribution >= 4 is 17.6 Å². The molecule has 0 aliphatic heterocycles. The van der Waals surface area contributed by atoms with Gasteiger partial charge in [-0.15, -0.1) is 0 Å². The lowest BCUT2D eigenvalue weighted by Crippen LogP contribution is -2.33. The van der Waals surface area contributed by atoms with E-state index in [2.05, 4.69) is 15.0 Å². The third-order valence-electron chi connectivity index (χ3n) is 3.27. The van der Waals surface area contributed by atoms with Crippen LogP contribution in [0.15, 0.2) is 53.5 Å². The molecule has 0 spiro atoms. The molecule has 0 heterocycles. The summed E-state index contributed by atoms with van der Waals surface area (Å²) in [4.78, 5) is 15.8. The second-order valence-corrected chi connectivity index (χ2v) is 5.98. The minimum Gasteiger partial charge on any atom is -0.474 e. The molecule has 0 aromatic heterocycles. The average Bonchev–Trinajstić information content (AvgIpc) is 2.62. The molecule has 2 aromatic carbocycles. The Balaban J connectivity index is 2.14. The Labute approximate surface area is 163 Å². The topological polar surface area (TPSA) is 59.9 Å². The zero-order valence-corrected chi connectivity index (χ0v) is 15.3. The number of benzene rings is 2. The molecule has 0 saturated carbocycles. The van der Waals surface area contributed by atoms with Crippen LogP contribution in [0.25, 0.3) is 0 Å². The highest BCUT2D eigenvalue weighted by Gasteiger charge is 2.43. The summed E-state index contributed by atoms with van der Waals surface area (Å²) in [5.41, 5.74) is 0.0956. The van der Waals surface area contributed by atoms with Crippen LogP contribution in [-0.4, -0.2) is 30.6 Å². The van der Waals surface area contributed by atoms with Gasteiger partial charge in [0.25, 0.3) is 0 Å². The predicted octanol–water partition coefficient (Wildman–Crippen LogP) is 5.47. The monoisotopic (exact) mass is 416 g/mol. The minimum atomic E-state index is -4.64. The van der Waals surface area contributed by atoms with Gasteiger partial charge in [0.05, 0.1) is 11.7 Å². The van der Waals surface area contributed by atoms with Crippen LogP contribution < -0.4 is 10.1 Å². The normalized spacial score (nSPS) is 12.2. The maximum Gasteiger partial charge on any atom is 0.461 e. The molecule has 0 radical (unpaired) electrons. The number of carbonyl (C=O) groups excluding carboxylic acids is 1. The summed E-state index contributed by atoms with van der Waals surface area (Å²) in [6.45, 7) is 3.34. The molecule has 0 atom stereocenters. The van der Waals surface area contributed by atoms with E-state index in [-0.39, 0.29) is 17.1 Å². The van der Waals surface area contributed by atoms with Gasteiger partial charge in [-0.3, -0.25) is 0 Å². The second kappa shape index (κ2) is 9.35. The van der Waals surface area contributed by atoms with Gasteiger partial charge in [-0.2, -0.15) is 22.6 Å². The molecular formula is C19H17F5N2O3. The largest absolute Gasteiger partial charge is 0.474 e. The van der Waals surface area contributed by atoms with Crippen molar-refractivity contribution < 1.29 is 36.2 Å². The van der Waals surface area contributed by atoms with Crippen LogP contribution in [0.2, 0.25) is 0 Å². The van der Waals surface area contributed by atoms with Crippen LogP contribution in [0.5, 0.6) is 5.75 Å². The Morgan fingerprint density at radius 1 is 1.07 bits per heavy atom. The van der Waals surface area contributed by atoms with E-state index in [0.29, 0.717) is 0 Å². The summed E-state index contributed by atoms with van der Waals surface area (Å²) >= 11 is 0. The molecule has 0 aliphatic carbocycles. The maximum atomic E-state index is 14.0. The first-order valence-electron chi connectivity index (χ1n) is 8.34. The number of rotatable bonds is 6. The van der Waals surface area contributed by atoms with E-state index in [1.54, 1.807) is 19.9 Å². The quantitative estimate of drug-likeness (QED) is 0.386. The van der Waals surface area contributed by atoms with Gasteiger partial charge < -0.3 is 14.8 Å². The number of ether oxygens (including phenoxy) is 2.